The molecule has 0 fully saturated rings. The van der Waals surface area contributed by atoms with Crippen molar-refractivity contribution in [2.24, 2.45) is 7.05 Å². The average molecular weight is 334 g/mol. The number of aryl methyl sites for hydroxylation is 1. The number of hydrogen-bond acceptors (Lipinski definition) is 3. The van der Waals surface area contributed by atoms with Crippen molar-refractivity contribution in [3.8, 4) is 0 Å². The summed E-state index contributed by atoms with van der Waals surface area (Å²) in [5.74, 6) is 0.932. The molecule has 3 aromatic rings. The van der Waals surface area contributed by atoms with Gasteiger partial charge in [-0.1, -0.05) is 12.1 Å². The highest BCUT2D eigenvalue weighted by Gasteiger charge is 2.15. The first kappa shape index (κ1) is 15.9. The summed E-state index contributed by atoms with van der Waals surface area (Å²) in [5, 5.41) is 9.93. The average Bonchev–Trinajstić information content (AvgIpc) is 3.10. The van der Waals surface area contributed by atoms with Crippen molar-refractivity contribution in [1.29, 1.82) is 0 Å². The third kappa shape index (κ3) is 3.34. The highest BCUT2D eigenvalue weighted by Crippen LogP contribution is 2.23. The number of carbonyl (C=O) groups is 1. The van der Waals surface area contributed by atoms with Crippen LogP contribution in [-0.4, -0.2) is 31.8 Å². The van der Waals surface area contributed by atoms with Gasteiger partial charge >= 0.3 is 6.03 Å². The molecule has 0 saturated carbocycles. The van der Waals surface area contributed by atoms with Gasteiger partial charge in [-0.05, 0) is 12.1 Å². The fourth-order valence-electron chi connectivity index (χ4n) is 2.37. The Kier molecular flexibility index (Phi) is 4.41. The van der Waals surface area contributed by atoms with Crippen LogP contribution in [0.5, 0.6) is 0 Å². The largest absolute Gasteiger partial charge is 0.337 e. The van der Waals surface area contributed by atoms with Crippen LogP contribution in [-0.2, 0) is 20.1 Å². The van der Waals surface area contributed by atoms with Crippen molar-refractivity contribution < 1.29 is 13.6 Å². The lowest BCUT2D eigenvalue weighted by Gasteiger charge is -2.06. The molecule has 0 spiro atoms. The van der Waals surface area contributed by atoms with Crippen LogP contribution in [0.1, 0.15) is 5.82 Å². The first-order valence-corrected chi connectivity index (χ1v) is 7.29. The molecular weight excluding hydrogens is 318 g/mol. The minimum atomic E-state index is -2.53. The van der Waals surface area contributed by atoms with Crippen molar-refractivity contribution >= 4 is 22.8 Å². The van der Waals surface area contributed by atoms with Crippen LogP contribution in [0.15, 0.2) is 36.7 Å². The molecule has 24 heavy (non-hydrogen) atoms. The molecule has 1 aromatic carbocycles. The topological polar surface area (TPSA) is 76.8 Å². The monoisotopic (exact) mass is 334 g/mol. The fraction of sp³-hybridized carbons (Fsp3) is 0.267. The summed E-state index contributed by atoms with van der Waals surface area (Å²) in [4.78, 5) is 16.1. The molecule has 2 amide bonds. The highest BCUT2D eigenvalue weighted by molar-refractivity contribution is 5.99. The van der Waals surface area contributed by atoms with E-state index in [4.69, 9.17) is 0 Å². The van der Waals surface area contributed by atoms with E-state index >= 15 is 0 Å². The van der Waals surface area contributed by atoms with Gasteiger partial charge in [0.05, 0.1) is 12.1 Å². The van der Waals surface area contributed by atoms with Gasteiger partial charge in [0.2, 0.25) is 0 Å². The Morgan fingerprint density at radius 3 is 2.83 bits per heavy atom. The Morgan fingerprint density at radius 2 is 2.12 bits per heavy atom. The minimum absolute atomic E-state index is 0.239. The molecule has 2 aromatic heterocycles. The van der Waals surface area contributed by atoms with Gasteiger partial charge < -0.3 is 9.88 Å². The Labute approximate surface area is 136 Å². The first-order valence-electron chi connectivity index (χ1n) is 7.29. The number of urea groups is 1. The number of nitrogens with zero attached hydrogens (tertiary/aromatic N) is 4. The summed E-state index contributed by atoms with van der Waals surface area (Å²) in [5.41, 5.74) is 0.539. The molecule has 3 rings (SSSR count). The van der Waals surface area contributed by atoms with Gasteiger partial charge in [-0.25, -0.2) is 18.6 Å². The smallest absolute Gasteiger partial charge is 0.320 e. The molecule has 2 N–H and O–H groups in total. The van der Waals surface area contributed by atoms with Crippen LogP contribution < -0.4 is 10.6 Å². The van der Waals surface area contributed by atoms with Gasteiger partial charge in [0.1, 0.15) is 12.4 Å². The van der Waals surface area contributed by atoms with E-state index in [1.54, 1.807) is 41.2 Å². The summed E-state index contributed by atoms with van der Waals surface area (Å²) in [7, 11) is 1.82. The molecule has 7 nitrogen and oxygen atoms in total. The molecule has 0 radical (unpaired) electrons. The van der Waals surface area contributed by atoms with Crippen molar-refractivity contribution in [2.75, 3.05) is 5.32 Å². The summed E-state index contributed by atoms with van der Waals surface area (Å²) in [6.45, 7) is -0.290. The zero-order valence-electron chi connectivity index (χ0n) is 12.9. The number of anilines is 1. The number of halogens is 2. The van der Waals surface area contributed by atoms with Gasteiger partial charge in [0, 0.05) is 24.8 Å². The lowest BCUT2D eigenvalue weighted by atomic mass is 10.2. The van der Waals surface area contributed by atoms with Crippen LogP contribution in [0.4, 0.5) is 19.4 Å². The minimum Gasteiger partial charge on any atom is -0.337 e. The van der Waals surface area contributed by atoms with E-state index in [9.17, 15) is 13.6 Å². The van der Waals surface area contributed by atoms with Gasteiger partial charge in [-0.2, -0.15) is 5.10 Å². The second-order valence-corrected chi connectivity index (χ2v) is 5.20. The Balaban J connectivity index is 1.74. The van der Waals surface area contributed by atoms with E-state index in [1.807, 2.05) is 7.05 Å². The SMILES string of the molecule is Cn1ccnc1CNC(=O)Nc1nn(CC(F)F)c2ccccc12. The fourth-order valence-corrected chi connectivity index (χ4v) is 2.37. The normalized spacial score (nSPS) is 11.2. The van der Waals surface area contributed by atoms with E-state index in [2.05, 4.69) is 20.7 Å². The molecule has 0 unspecified atom stereocenters. The van der Waals surface area contributed by atoms with Crippen LogP contribution in [0.2, 0.25) is 0 Å². The highest BCUT2D eigenvalue weighted by atomic mass is 19.3. The molecule has 0 saturated heterocycles. The Hall–Kier alpha value is -2.97. The molecule has 0 aliphatic heterocycles. The van der Waals surface area contributed by atoms with Crippen LogP contribution in [0.3, 0.4) is 0 Å². The standard InChI is InChI=1S/C15H16F2N6O/c1-22-7-6-18-13(22)8-19-15(24)20-14-10-4-2-3-5-11(10)23(21-14)9-12(16)17/h2-7,12H,8-9H2,1H3,(H2,19,20,21,24). The predicted molar refractivity (Wildman–Crippen MR) is 84.8 cm³/mol. The molecule has 0 bridgehead atoms. The summed E-state index contributed by atoms with van der Waals surface area (Å²) in [6.07, 6.45) is 0.876. The van der Waals surface area contributed by atoms with Gasteiger partial charge in [0.25, 0.3) is 6.43 Å². The van der Waals surface area contributed by atoms with E-state index in [0.717, 1.165) is 0 Å². The molecule has 0 atom stereocenters. The van der Waals surface area contributed by atoms with E-state index in [-0.39, 0.29) is 12.4 Å². The third-order valence-corrected chi connectivity index (χ3v) is 3.53. The number of carbonyl (C=O) groups excluding carboxylic acids is 1. The first-order chi connectivity index (χ1) is 11.5. The number of aromatic nitrogens is 4. The number of alkyl halides is 2. The third-order valence-electron chi connectivity index (χ3n) is 3.53. The maximum absolute atomic E-state index is 12.7. The predicted octanol–water partition coefficient (Wildman–Crippen LogP) is 2.36. The Morgan fingerprint density at radius 1 is 1.33 bits per heavy atom. The molecule has 0 aliphatic carbocycles. The summed E-state index contributed by atoms with van der Waals surface area (Å²) >= 11 is 0. The second-order valence-electron chi connectivity index (χ2n) is 5.20. The van der Waals surface area contributed by atoms with Gasteiger partial charge in [-0.3, -0.25) is 10.00 Å². The maximum atomic E-state index is 12.7. The van der Waals surface area contributed by atoms with E-state index < -0.39 is 19.0 Å². The Bertz CT molecular complexity index is 857. The maximum Gasteiger partial charge on any atom is 0.320 e. The van der Waals surface area contributed by atoms with Crippen molar-refractivity contribution in [1.82, 2.24) is 24.6 Å². The molecule has 0 aliphatic rings. The lowest BCUT2D eigenvalue weighted by molar-refractivity contribution is 0.123. The number of nitrogens with one attached hydrogen (secondary N) is 2. The second kappa shape index (κ2) is 6.65. The number of hydrogen-bond donors (Lipinski definition) is 2. The van der Waals surface area contributed by atoms with Crippen LogP contribution >= 0.6 is 0 Å². The zero-order valence-corrected chi connectivity index (χ0v) is 12.9. The quantitative estimate of drug-likeness (QED) is 0.752. The molecule has 2 heterocycles. The number of amides is 2. The van der Waals surface area contributed by atoms with E-state index in [0.29, 0.717) is 16.7 Å². The number of para-hydroxylation sites is 1. The zero-order chi connectivity index (χ0) is 17.1. The molecular formula is C15H16F2N6O. The molecule has 9 heteroatoms. The number of benzene rings is 1. The van der Waals surface area contributed by atoms with Gasteiger partial charge in [-0.15, -0.1) is 0 Å². The lowest BCUT2D eigenvalue weighted by Crippen LogP contribution is -2.29. The van der Waals surface area contributed by atoms with Crippen molar-refractivity contribution in [3.05, 3.63) is 42.5 Å². The van der Waals surface area contributed by atoms with Crippen molar-refractivity contribution in [3.63, 3.8) is 0 Å². The van der Waals surface area contributed by atoms with Crippen LogP contribution in [0, 0.1) is 0 Å². The van der Waals surface area contributed by atoms with Crippen molar-refractivity contribution in [2.45, 2.75) is 19.5 Å². The molecule has 126 valence electrons. The summed E-state index contributed by atoms with van der Waals surface area (Å²) in [6, 6.07) is 6.41. The van der Waals surface area contributed by atoms with Gasteiger partial charge in [0.15, 0.2) is 5.82 Å². The number of rotatable bonds is 5. The summed E-state index contributed by atoms with van der Waals surface area (Å²) < 4.78 is 28.3. The number of imidazole rings is 1. The van der Waals surface area contributed by atoms with E-state index in [1.165, 1.54) is 4.68 Å². The number of fused-ring (bicyclic) bond motifs is 1. The van der Waals surface area contributed by atoms with Crippen LogP contribution in [0.25, 0.3) is 10.9 Å².